The summed E-state index contributed by atoms with van der Waals surface area (Å²) in [6, 6.07) is 6.77. The largest absolute Gasteiger partial charge is 0.478 e. The molecule has 1 N–H and O–H groups in total. The number of nitrogens with zero attached hydrogens (tertiary/aromatic N) is 2. The first kappa shape index (κ1) is 12.1. The molecule has 1 aromatic carbocycles. The molecule has 0 unspecified atom stereocenters. The molecule has 2 rings (SSSR count). The van der Waals surface area contributed by atoms with Gasteiger partial charge < -0.3 is 5.11 Å². The van der Waals surface area contributed by atoms with Crippen molar-refractivity contribution in [3.05, 3.63) is 46.7 Å². The van der Waals surface area contributed by atoms with Crippen molar-refractivity contribution >= 4 is 33.7 Å². The first-order valence-electron chi connectivity index (χ1n) is 4.64. The quantitative estimate of drug-likeness (QED) is 0.883. The van der Waals surface area contributed by atoms with Crippen molar-refractivity contribution in [1.29, 1.82) is 0 Å². The van der Waals surface area contributed by atoms with Gasteiger partial charge >= 0.3 is 5.97 Å². The van der Waals surface area contributed by atoms with Gasteiger partial charge in [-0.25, -0.2) is 14.8 Å². The van der Waals surface area contributed by atoms with Gasteiger partial charge in [0.25, 0.3) is 0 Å². The van der Waals surface area contributed by atoms with E-state index >= 15 is 0 Å². The molecular weight excluding hydrogens is 304 g/mol. The molecule has 0 aliphatic rings. The van der Waals surface area contributed by atoms with Gasteiger partial charge in [-0.15, -0.1) is 0 Å². The fraction of sp³-hybridized carbons (Fsp3) is 0. The Morgan fingerprint density at radius 1 is 1.24 bits per heavy atom. The lowest BCUT2D eigenvalue weighted by molar-refractivity contribution is 0.0693. The molecule has 0 saturated heterocycles. The standard InChI is InChI=1S/C11H7BrN2O2S/c12-7-5-13-11(14-6-7)17-9-4-2-1-3-8(9)10(15)16/h1-6H,(H,15,16). The second kappa shape index (κ2) is 5.29. The number of carboxylic acid groups (broad SMARTS) is 1. The summed E-state index contributed by atoms with van der Waals surface area (Å²) < 4.78 is 0.786. The third kappa shape index (κ3) is 3.04. The predicted molar refractivity (Wildman–Crippen MR) is 67.3 cm³/mol. The maximum atomic E-state index is 11.0. The minimum Gasteiger partial charge on any atom is -0.478 e. The first-order chi connectivity index (χ1) is 8.16. The topological polar surface area (TPSA) is 63.1 Å². The molecule has 1 aromatic heterocycles. The highest BCUT2D eigenvalue weighted by Crippen LogP contribution is 2.27. The first-order valence-corrected chi connectivity index (χ1v) is 6.25. The highest BCUT2D eigenvalue weighted by Gasteiger charge is 2.11. The Morgan fingerprint density at radius 2 is 1.88 bits per heavy atom. The molecule has 0 atom stereocenters. The van der Waals surface area contributed by atoms with E-state index < -0.39 is 5.97 Å². The molecule has 0 saturated carbocycles. The predicted octanol–water partition coefficient (Wildman–Crippen LogP) is 3.09. The molecule has 0 aliphatic carbocycles. The summed E-state index contributed by atoms with van der Waals surface area (Å²) in [5.41, 5.74) is 0.254. The van der Waals surface area contributed by atoms with Crippen LogP contribution in [0.1, 0.15) is 10.4 Å². The zero-order valence-corrected chi connectivity index (χ0v) is 10.9. The van der Waals surface area contributed by atoms with Crippen molar-refractivity contribution in [3.8, 4) is 0 Å². The minimum absolute atomic E-state index is 0.254. The van der Waals surface area contributed by atoms with Crippen LogP contribution in [0.25, 0.3) is 0 Å². The zero-order valence-electron chi connectivity index (χ0n) is 8.50. The highest BCUT2D eigenvalue weighted by atomic mass is 79.9. The van der Waals surface area contributed by atoms with Crippen LogP contribution in [0.2, 0.25) is 0 Å². The van der Waals surface area contributed by atoms with Gasteiger partial charge in [-0.3, -0.25) is 0 Å². The van der Waals surface area contributed by atoms with Crippen LogP contribution in [0.5, 0.6) is 0 Å². The number of carbonyl (C=O) groups is 1. The molecule has 4 nitrogen and oxygen atoms in total. The molecule has 86 valence electrons. The van der Waals surface area contributed by atoms with Crippen molar-refractivity contribution in [2.45, 2.75) is 10.1 Å². The maximum Gasteiger partial charge on any atom is 0.336 e. The molecule has 2 aromatic rings. The molecule has 0 aliphatic heterocycles. The van der Waals surface area contributed by atoms with E-state index in [9.17, 15) is 4.79 Å². The number of hydrogen-bond acceptors (Lipinski definition) is 4. The average molecular weight is 311 g/mol. The van der Waals surface area contributed by atoms with E-state index in [-0.39, 0.29) is 5.56 Å². The van der Waals surface area contributed by atoms with E-state index in [1.165, 1.54) is 11.8 Å². The lowest BCUT2D eigenvalue weighted by Gasteiger charge is -2.03. The number of aromatic carboxylic acids is 1. The molecule has 0 spiro atoms. The van der Waals surface area contributed by atoms with Crippen LogP contribution in [-0.4, -0.2) is 21.0 Å². The van der Waals surface area contributed by atoms with E-state index in [4.69, 9.17) is 5.11 Å². The minimum atomic E-state index is -0.954. The van der Waals surface area contributed by atoms with Gasteiger partial charge in [-0.1, -0.05) is 12.1 Å². The van der Waals surface area contributed by atoms with Gasteiger partial charge in [-0.2, -0.15) is 0 Å². The summed E-state index contributed by atoms with van der Waals surface area (Å²) >= 11 is 4.47. The summed E-state index contributed by atoms with van der Waals surface area (Å²) in [7, 11) is 0. The van der Waals surface area contributed by atoms with Gasteiger partial charge in [0, 0.05) is 17.3 Å². The molecule has 17 heavy (non-hydrogen) atoms. The highest BCUT2D eigenvalue weighted by molar-refractivity contribution is 9.10. The summed E-state index contributed by atoms with van der Waals surface area (Å²) in [6.45, 7) is 0. The Balaban J connectivity index is 2.30. The fourth-order valence-corrected chi connectivity index (χ4v) is 2.21. The molecule has 0 fully saturated rings. The number of hydrogen-bond donors (Lipinski definition) is 1. The molecule has 6 heteroatoms. The third-order valence-electron chi connectivity index (χ3n) is 1.92. The van der Waals surface area contributed by atoms with Crippen LogP contribution >= 0.6 is 27.7 Å². The van der Waals surface area contributed by atoms with Crippen LogP contribution in [0.4, 0.5) is 0 Å². The van der Waals surface area contributed by atoms with Crippen molar-refractivity contribution in [2.24, 2.45) is 0 Å². The summed E-state index contributed by atoms with van der Waals surface area (Å²) in [6.07, 6.45) is 3.25. The number of halogens is 1. The van der Waals surface area contributed by atoms with E-state index in [2.05, 4.69) is 25.9 Å². The summed E-state index contributed by atoms with van der Waals surface area (Å²) in [4.78, 5) is 19.8. The molecular formula is C11H7BrN2O2S. The Morgan fingerprint density at radius 3 is 2.53 bits per heavy atom. The Labute approximate surface area is 110 Å². The van der Waals surface area contributed by atoms with Crippen molar-refractivity contribution in [3.63, 3.8) is 0 Å². The summed E-state index contributed by atoms with van der Waals surface area (Å²) in [5, 5.41) is 9.54. The molecule has 0 bridgehead atoms. The average Bonchev–Trinajstić information content (AvgIpc) is 2.32. The molecule has 0 amide bonds. The van der Waals surface area contributed by atoms with Gasteiger partial charge in [0.05, 0.1) is 10.0 Å². The molecule has 1 heterocycles. The monoisotopic (exact) mass is 310 g/mol. The zero-order chi connectivity index (χ0) is 12.3. The number of rotatable bonds is 3. The van der Waals surface area contributed by atoms with Crippen molar-refractivity contribution in [1.82, 2.24) is 9.97 Å². The fourth-order valence-electron chi connectivity index (χ4n) is 1.18. The van der Waals surface area contributed by atoms with Gasteiger partial charge in [-0.05, 0) is 39.8 Å². The maximum absolute atomic E-state index is 11.0. The van der Waals surface area contributed by atoms with E-state index in [1.807, 2.05) is 0 Å². The number of benzene rings is 1. The van der Waals surface area contributed by atoms with Crippen LogP contribution < -0.4 is 0 Å². The summed E-state index contributed by atoms with van der Waals surface area (Å²) in [5.74, 6) is -0.954. The van der Waals surface area contributed by atoms with Crippen LogP contribution in [-0.2, 0) is 0 Å². The van der Waals surface area contributed by atoms with E-state index in [0.717, 1.165) is 4.47 Å². The SMILES string of the molecule is O=C(O)c1ccccc1Sc1ncc(Br)cn1. The second-order valence-corrected chi connectivity index (χ2v) is 5.01. The smallest absolute Gasteiger partial charge is 0.336 e. The Bertz CT molecular complexity index is 545. The van der Waals surface area contributed by atoms with Crippen molar-refractivity contribution in [2.75, 3.05) is 0 Å². The van der Waals surface area contributed by atoms with Gasteiger partial charge in [0.15, 0.2) is 5.16 Å². The lowest BCUT2D eigenvalue weighted by Crippen LogP contribution is -1.98. The Hall–Kier alpha value is -1.40. The normalized spacial score (nSPS) is 10.2. The molecule has 0 radical (unpaired) electrons. The lowest BCUT2D eigenvalue weighted by atomic mass is 10.2. The Kier molecular flexibility index (Phi) is 3.75. The van der Waals surface area contributed by atoms with Crippen LogP contribution in [0, 0.1) is 0 Å². The van der Waals surface area contributed by atoms with Gasteiger partial charge in [0.1, 0.15) is 0 Å². The van der Waals surface area contributed by atoms with E-state index in [0.29, 0.717) is 10.1 Å². The van der Waals surface area contributed by atoms with Crippen molar-refractivity contribution < 1.29 is 9.90 Å². The van der Waals surface area contributed by atoms with Crippen LogP contribution in [0.15, 0.2) is 51.2 Å². The van der Waals surface area contributed by atoms with Crippen LogP contribution in [0.3, 0.4) is 0 Å². The van der Waals surface area contributed by atoms with E-state index in [1.54, 1.807) is 36.7 Å². The number of carboxylic acids is 1. The van der Waals surface area contributed by atoms with Gasteiger partial charge in [0.2, 0.25) is 0 Å². The second-order valence-electron chi connectivity index (χ2n) is 3.09. The third-order valence-corrected chi connectivity index (χ3v) is 3.29. The number of aromatic nitrogens is 2.